The van der Waals surface area contributed by atoms with Gasteiger partial charge in [-0.2, -0.15) is 18.2 Å². The Kier molecular flexibility index (Phi) is 5.62. The second-order valence-electron chi connectivity index (χ2n) is 5.79. The van der Waals surface area contributed by atoms with Crippen molar-refractivity contribution in [3.63, 3.8) is 0 Å². The number of methoxy groups -OCH3 is 1. The molecule has 9 heteroatoms. The number of hydrogen-bond acceptors (Lipinski definition) is 5. The number of halogens is 3. The lowest BCUT2D eigenvalue weighted by atomic mass is 10.1. The predicted octanol–water partition coefficient (Wildman–Crippen LogP) is 3.74. The Balaban J connectivity index is 1.57. The molecule has 1 aromatic heterocycles. The lowest BCUT2D eigenvalue weighted by Gasteiger charge is -2.07. The van der Waals surface area contributed by atoms with Crippen molar-refractivity contribution >= 4 is 5.91 Å². The van der Waals surface area contributed by atoms with Crippen LogP contribution < -0.4 is 10.1 Å². The topological polar surface area (TPSA) is 77.3 Å². The molecule has 6 nitrogen and oxygen atoms in total. The molecular formula is C19H16F3N3O3. The zero-order chi connectivity index (χ0) is 20.1. The highest BCUT2D eigenvalue weighted by Crippen LogP contribution is 2.29. The van der Waals surface area contributed by atoms with E-state index in [1.807, 2.05) is 12.1 Å². The van der Waals surface area contributed by atoms with E-state index in [0.717, 1.165) is 24.3 Å². The van der Waals surface area contributed by atoms with Gasteiger partial charge < -0.3 is 14.6 Å². The summed E-state index contributed by atoms with van der Waals surface area (Å²) in [4.78, 5) is 16.3. The number of aromatic nitrogens is 2. The van der Waals surface area contributed by atoms with Gasteiger partial charge in [0.15, 0.2) is 0 Å². The molecule has 3 aromatic rings. The third kappa shape index (κ3) is 4.48. The minimum atomic E-state index is -4.44. The molecule has 1 heterocycles. The monoisotopic (exact) mass is 391 g/mol. The summed E-state index contributed by atoms with van der Waals surface area (Å²) in [6, 6.07) is 11.2. The van der Waals surface area contributed by atoms with E-state index >= 15 is 0 Å². The first-order valence-corrected chi connectivity index (χ1v) is 8.30. The number of carbonyl (C=O) groups excluding carboxylic acids is 1. The molecule has 0 fully saturated rings. The Labute approximate surface area is 158 Å². The number of nitrogens with zero attached hydrogens (tertiary/aromatic N) is 2. The fourth-order valence-electron chi connectivity index (χ4n) is 2.49. The van der Waals surface area contributed by atoms with E-state index in [2.05, 4.69) is 15.5 Å². The Morgan fingerprint density at radius 3 is 2.54 bits per heavy atom. The fourth-order valence-corrected chi connectivity index (χ4v) is 2.49. The van der Waals surface area contributed by atoms with Crippen molar-refractivity contribution in [2.24, 2.45) is 0 Å². The van der Waals surface area contributed by atoms with Crippen LogP contribution in [0.2, 0.25) is 0 Å². The van der Waals surface area contributed by atoms with Crippen molar-refractivity contribution in [3.8, 4) is 17.1 Å². The molecule has 0 atom stereocenters. The SMILES string of the molecule is COc1ccccc1-c1noc(CCNC(=O)c2ccc(C(F)(F)F)cc2)n1. The van der Waals surface area contributed by atoms with Gasteiger partial charge in [0.1, 0.15) is 5.75 Å². The molecule has 0 radical (unpaired) electrons. The zero-order valence-corrected chi connectivity index (χ0v) is 14.8. The molecule has 2 aromatic carbocycles. The van der Waals surface area contributed by atoms with Crippen LogP contribution in [0.3, 0.4) is 0 Å². The summed E-state index contributed by atoms with van der Waals surface area (Å²) in [6.45, 7) is 0.188. The van der Waals surface area contributed by atoms with Crippen LogP contribution in [-0.2, 0) is 12.6 Å². The van der Waals surface area contributed by atoms with Crippen LogP contribution in [-0.4, -0.2) is 29.7 Å². The number of amides is 1. The summed E-state index contributed by atoms with van der Waals surface area (Å²) in [5.41, 5.74) is 0.000750. The molecule has 0 saturated heterocycles. The van der Waals surface area contributed by atoms with Gasteiger partial charge in [0, 0.05) is 18.5 Å². The summed E-state index contributed by atoms with van der Waals surface area (Å²) in [7, 11) is 1.54. The second kappa shape index (κ2) is 8.12. The van der Waals surface area contributed by atoms with Crippen LogP contribution in [0.25, 0.3) is 11.4 Å². The molecule has 0 saturated carbocycles. The van der Waals surface area contributed by atoms with Crippen molar-refractivity contribution < 1.29 is 27.2 Å². The molecule has 0 spiro atoms. The quantitative estimate of drug-likeness (QED) is 0.693. The van der Waals surface area contributed by atoms with Crippen molar-refractivity contribution in [2.75, 3.05) is 13.7 Å². The maximum atomic E-state index is 12.6. The number of para-hydroxylation sites is 1. The molecule has 0 aliphatic rings. The molecule has 1 amide bonds. The Hall–Kier alpha value is -3.36. The van der Waals surface area contributed by atoms with Crippen LogP contribution in [0.5, 0.6) is 5.75 Å². The first-order chi connectivity index (χ1) is 13.4. The molecule has 146 valence electrons. The Morgan fingerprint density at radius 1 is 1.14 bits per heavy atom. The molecule has 0 unspecified atom stereocenters. The van der Waals surface area contributed by atoms with E-state index in [1.165, 1.54) is 7.11 Å². The third-order valence-electron chi connectivity index (χ3n) is 3.91. The highest BCUT2D eigenvalue weighted by atomic mass is 19.4. The summed E-state index contributed by atoms with van der Waals surface area (Å²) >= 11 is 0. The van der Waals surface area contributed by atoms with Gasteiger partial charge in [-0.3, -0.25) is 4.79 Å². The number of ether oxygens (including phenoxy) is 1. The van der Waals surface area contributed by atoms with Crippen molar-refractivity contribution in [2.45, 2.75) is 12.6 Å². The molecule has 0 aliphatic heterocycles. The van der Waals surface area contributed by atoms with Crippen LogP contribution >= 0.6 is 0 Å². The second-order valence-corrected chi connectivity index (χ2v) is 5.79. The highest BCUT2D eigenvalue weighted by molar-refractivity contribution is 5.94. The van der Waals surface area contributed by atoms with Crippen molar-refractivity contribution in [3.05, 3.63) is 65.5 Å². The normalized spacial score (nSPS) is 11.3. The molecule has 0 aliphatic carbocycles. The van der Waals surface area contributed by atoms with E-state index in [-0.39, 0.29) is 18.5 Å². The maximum absolute atomic E-state index is 12.6. The van der Waals surface area contributed by atoms with Gasteiger partial charge in [-0.1, -0.05) is 17.3 Å². The third-order valence-corrected chi connectivity index (χ3v) is 3.91. The van der Waals surface area contributed by atoms with Crippen LogP contribution in [0.4, 0.5) is 13.2 Å². The van der Waals surface area contributed by atoms with Gasteiger partial charge in [0.05, 0.1) is 18.2 Å². The van der Waals surface area contributed by atoms with Gasteiger partial charge >= 0.3 is 6.18 Å². The number of carbonyl (C=O) groups is 1. The van der Waals surface area contributed by atoms with Gasteiger partial charge in [-0.25, -0.2) is 0 Å². The lowest BCUT2D eigenvalue weighted by Crippen LogP contribution is -2.25. The largest absolute Gasteiger partial charge is 0.496 e. The number of hydrogen-bond donors (Lipinski definition) is 1. The fraction of sp³-hybridized carbons (Fsp3) is 0.211. The Bertz CT molecular complexity index is 953. The van der Waals surface area contributed by atoms with E-state index in [4.69, 9.17) is 9.26 Å². The molecule has 28 heavy (non-hydrogen) atoms. The summed E-state index contributed by atoms with van der Waals surface area (Å²) < 4.78 is 48.1. The standard InChI is InChI=1S/C19H16F3N3O3/c1-27-15-5-3-2-4-14(15)17-24-16(28-25-17)10-11-23-18(26)12-6-8-13(9-7-12)19(20,21)22/h2-9H,10-11H2,1H3,(H,23,26). The van der Waals surface area contributed by atoms with E-state index in [0.29, 0.717) is 23.0 Å². The minimum absolute atomic E-state index is 0.133. The summed E-state index contributed by atoms with van der Waals surface area (Å²) in [5.74, 6) is 0.791. The van der Waals surface area contributed by atoms with E-state index in [9.17, 15) is 18.0 Å². The van der Waals surface area contributed by atoms with Crippen LogP contribution in [0.15, 0.2) is 53.1 Å². The first-order valence-electron chi connectivity index (χ1n) is 8.30. The molecule has 0 bridgehead atoms. The lowest BCUT2D eigenvalue weighted by molar-refractivity contribution is -0.137. The highest BCUT2D eigenvalue weighted by Gasteiger charge is 2.30. The van der Waals surface area contributed by atoms with Gasteiger partial charge in [0.25, 0.3) is 5.91 Å². The first kappa shape index (κ1) is 19.4. The molecule has 3 rings (SSSR count). The molecular weight excluding hydrogens is 375 g/mol. The van der Waals surface area contributed by atoms with Crippen molar-refractivity contribution in [1.82, 2.24) is 15.5 Å². The van der Waals surface area contributed by atoms with Crippen LogP contribution in [0.1, 0.15) is 21.8 Å². The van der Waals surface area contributed by atoms with Gasteiger partial charge in [-0.05, 0) is 36.4 Å². The summed E-state index contributed by atoms with van der Waals surface area (Å²) in [5, 5.41) is 6.50. The predicted molar refractivity (Wildman–Crippen MR) is 93.8 cm³/mol. The number of nitrogens with one attached hydrogen (secondary N) is 1. The van der Waals surface area contributed by atoms with E-state index in [1.54, 1.807) is 12.1 Å². The van der Waals surface area contributed by atoms with E-state index < -0.39 is 17.6 Å². The zero-order valence-electron chi connectivity index (χ0n) is 14.8. The summed E-state index contributed by atoms with van der Waals surface area (Å²) in [6.07, 6.45) is -4.17. The van der Waals surface area contributed by atoms with Crippen molar-refractivity contribution in [1.29, 1.82) is 0 Å². The van der Waals surface area contributed by atoms with Crippen LogP contribution in [0, 0.1) is 0 Å². The average Bonchev–Trinajstić information content (AvgIpc) is 3.16. The smallest absolute Gasteiger partial charge is 0.416 e. The number of alkyl halides is 3. The van der Waals surface area contributed by atoms with Gasteiger partial charge in [0.2, 0.25) is 11.7 Å². The number of rotatable bonds is 6. The average molecular weight is 391 g/mol. The molecule has 1 N–H and O–H groups in total. The maximum Gasteiger partial charge on any atom is 0.416 e. The number of benzene rings is 2. The Morgan fingerprint density at radius 2 is 1.86 bits per heavy atom. The minimum Gasteiger partial charge on any atom is -0.496 e. The van der Waals surface area contributed by atoms with Gasteiger partial charge in [-0.15, -0.1) is 0 Å².